The van der Waals surface area contributed by atoms with Gasteiger partial charge in [-0.25, -0.2) is 0 Å². The Labute approximate surface area is 102 Å². The van der Waals surface area contributed by atoms with E-state index in [1.54, 1.807) is 24.4 Å². The predicted octanol–water partition coefficient (Wildman–Crippen LogP) is 3.39. The summed E-state index contributed by atoms with van der Waals surface area (Å²) in [5.74, 6) is 0. The summed E-state index contributed by atoms with van der Waals surface area (Å²) in [4.78, 5) is 14.0. The summed E-state index contributed by atoms with van der Waals surface area (Å²) in [7, 11) is 0. The molecular formula is C11H8ClN3O2. The van der Waals surface area contributed by atoms with Gasteiger partial charge in [-0.05, 0) is 18.2 Å². The van der Waals surface area contributed by atoms with Crippen molar-refractivity contribution in [3.8, 4) is 0 Å². The Balaban J connectivity index is 2.16. The van der Waals surface area contributed by atoms with E-state index < -0.39 is 4.92 Å². The predicted molar refractivity (Wildman–Crippen MR) is 65.6 cm³/mol. The van der Waals surface area contributed by atoms with Crippen LogP contribution in [0.1, 0.15) is 0 Å². The van der Waals surface area contributed by atoms with E-state index >= 15 is 0 Å². The first kappa shape index (κ1) is 11.3. The second kappa shape index (κ2) is 4.80. The minimum Gasteiger partial charge on any atom is -0.354 e. The van der Waals surface area contributed by atoms with Gasteiger partial charge in [0.15, 0.2) is 0 Å². The minimum absolute atomic E-state index is 0.0553. The van der Waals surface area contributed by atoms with E-state index in [-0.39, 0.29) is 5.69 Å². The number of hydrogen-bond acceptors (Lipinski definition) is 4. The van der Waals surface area contributed by atoms with Gasteiger partial charge in [0.2, 0.25) is 0 Å². The normalized spacial score (nSPS) is 9.94. The lowest BCUT2D eigenvalue weighted by atomic mass is 10.3. The topological polar surface area (TPSA) is 68.1 Å². The average molecular weight is 250 g/mol. The Bertz CT molecular complexity index is 543. The van der Waals surface area contributed by atoms with Crippen molar-refractivity contribution in [1.82, 2.24) is 4.98 Å². The highest BCUT2D eigenvalue weighted by Crippen LogP contribution is 2.21. The number of benzene rings is 1. The van der Waals surface area contributed by atoms with Gasteiger partial charge in [0.25, 0.3) is 5.69 Å². The van der Waals surface area contributed by atoms with Crippen molar-refractivity contribution in [3.63, 3.8) is 0 Å². The van der Waals surface area contributed by atoms with Crippen molar-refractivity contribution in [2.45, 2.75) is 0 Å². The molecule has 0 radical (unpaired) electrons. The van der Waals surface area contributed by atoms with Crippen LogP contribution in [0.25, 0.3) is 0 Å². The molecule has 0 unspecified atom stereocenters. The van der Waals surface area contributed by atoms with Crippen LogP contribution in [0.4, 0.5) is 17.1 Å². The third-order valence-corrected chi connectivity index (χ3v) is 2.28. The number of nitro benzene ring substituents is 1. The molecule has 0 aliphatic heterocycles. The number of anilines is 2. The molecule has 1 aromatic heterocycles. The van der Waals surface area contributed by atoms with Gasteiger partial charge in [-0.2, -0.15) is 0 Å². The summed E-state index contributed by atoms with van der Waals surface area (Å²) in [5, 5.41) is 14.0. The third-order valence-electron chi connectivity index (χ3n) is 2.07. The van der Waals surface area contributed by atoms with Gasteiger partial charge in [0.1, 0.15) is 0 Å². The number of hydrogen-bond donors (Lipinski definition) is 1. The van der Waals surface area contributed by atoms with Gasteiger partial charge in [0.05, 0.1) is 21.8 Å². The quantitative estimate of drug-likeness (QED) is 0.669. The number of aromatic nitrogens is 1. The Hall–Kier alpha value is -2.14. The van der Waals surface area contributed by atoms with E-state index in [2.05, 4.69) is 10.3 Å². The summed E-state index contributed by atoms with van der Waals surface area (Å²) < 4.78 is 0. The maximum Gasteiger partial charge on any atom is 0.269 e. The molecule has 0 fully saturated rings. The van der Waals surface area contributed by atoms with Crippen molar-refractivity contribution in [3.05, 3.63) is 57.9 Å². The van der Waals surface area contributed by atoms with Crippen LogP contribution in [0.5, 0.6) is 0 Å². The fourth-order valence-electron chi connectivity index (χ4n) is 1.31. The van der Waals surface area contributed by atoms with Crippen LogP contribution in [-0.4, -0.2) is 9.91 Å². The summed E-state index contributed by atoms with van der Waals surface area (Å²) in [6.07, 6.45) is 3.15. The van der Waals surface area contributed by atoms with E-state index in [1.807, 2.05) is 0 Å². The number of non-ortho nitro benzene ring substituents is 1. The van der Waals surface area contributed by atoms with Gasteiger partial charge in [-0.1, -0.05) is 11.6 Å². The van der Waals surface area contributed by atoms with Gasteiger partial charge in [0, 0.05) is 24.0 Å². The number of rotatable bonds is 3. The molecule has 1 aromatic carbocycles. The van der Waals surface area contributed by atoms with Crippen LogP contribution in [0.15, 0.2) is 42.7 Å². The van der Waals surface area contributed by atoms with E-state index in [9.17, 15) is 10.1 Å². The second-order valence-corrected chi connectivity index (χ2v) is 3.76. The van der Waals surface area contributed by atoms with Crippen LogP contribution in [0, 0.1) is 10.1 Å². The first-order valence-electron chi connectivity index (χ1n) is 4.77. The first-order valence-corrected chi connectivity index (χ1v) is 5.15. The minimum atomic E-state index is -0.440. The molecule has 0 saturated heterocycles. The highest BCUT2D eigenvalue weighted by Gasteiger charge is 2.03. The van der Waals surface area contributed by atoms with Crippen molar-refractivity contribution >= 4 is 28.7 Å². The Morgan fingerprint density at radius 3 is 2.47 bits per heavy atom. The van der Waals surface area contributed by atoms with Crippen molar-refractivity contribution in [2.75, 3.05) is 5.32 Å². The summed E-state index contributed by atoms with van der Waals surface area (Å²) >= 11 is 5.79. The molecule has 1 N–H and O–H groups in total. The number of halogens is 1. The molecule has 5 nitrogen and oxygen atoms in total. The zero-order valence-corrected chi connectivity index (χ0v) is 9.39. The molecule has 86 valence electrons. The molecule has 0 atom stereocenters. The Kier molecular flexibility index (Phi) is 3.20. The van der Waals surface area contributed by atoms with Crippen LogP contribution in [-0.2, 0) is 0 Å². The molecule has 17 heavy (non-hydrogen) atoms. The fourth-order valence-corrected chi connectivity index (χ4v) is 1.49. The lowest BCUT2D eigenvalue weighted by molar-refractivity contribution is -0.384. The maximum atomic E-state index is 10.5. The number of pyridine rings is 1. The summed E-state index contributed by atoms with van der Waals surface area (Å²) in [6, 6.07) is 7.83. The van der Waals surface area contributed by atoms with Crippen molar-refractivity contribution < 1.29 is 4.92 Å². The van der Waals surface area contributed by atoms with Crippen LogP contribution in [0.3, 0.4) is 0 Å². The van der Waals surface area contributed by atoms with Crippen LogP contribution in [0.2, 0.25) is 5.02 Å². The SMILES string of the molecule is O=[N+]([O-])c1ccc(Nc2cncc(Cl)c2)cc1. The highest BCUT2D eigenvalue weighted by atomic mass is 35.5. The number of nitro groups is 1. The van der Waals surface area contributed by atoms with Gasteiger partial charge >= 0.3 is 0 Å². The molecule has 0 aliphatic carbocycles. The van der Waals surface area contributed by atoms with Gasteiger partial charge in [-0.15, -0.1) is 0 Å². The van der Waals surface area contributed by atoms with E-state index in [1.165, 1.54) is 18.3 Å². The van der Waals surface area contributed by atoms with Crippen LogP contribution >= 0.6 is 11.6 Å². The van der Waals surface area contributed by atoms with Crippen LogP contribution < -0.4 is 5.32 Å². The Morgan fingerprint density at radius 2 is 1.88 bits per heavy atom. The number of nitrogens with zero attached hydrogens (tertiary/aromatic N) is 2. The molecule has 0 saturated carbocycles. The highest BCUT2D eigenvalue weighted by molar-refractivity contribution is 6.30. The molecule has 2 aromatic rings. The molecule has 1 heterocycles. The lowest BCUT2D eigenvalue weighted by Crippen LogP contribution is -1.92. The van der Waals surface area contributed by atoms with Crippen molar-refractivity contribution in [1.29, 1.82) is 0 Å². The monoisotopic (exact) mass is 249 g/mol. The molecule has 0 bridgehead atoms. The summed E-state index contributed by atoms with van der Waals surface area (Å²) in [6.45, 7) is 0. The zero-order chi connectivity index (χ0) is 12.3. The molecule has 2 rings (SSSR count). The number of nitrogens with one attached hydrogen (secondary N) is 1. The van der Waals surface area contributed by atoms with E-state index in [4.69, 9.17) is 11.6 Å². The standard InChI is InChI=1S/C11H8ClN3O2/c12-8-5-10(7-13-6-8)14-9-1-3-11(4-2-9)15(16)17/h1-7,14H. The molecule has 0 spiro atoms. The van der Waals surface area contributed by atoms with Gasteiger partial charge in [-0.3, -0.25) is 15.1 Å². The largest absolute Gasteiger partial charge is 0.354 e. The summed E-state index contributed by atoms with van der Waals surface area (Å²) in [5.41, 5.74) is 1.52. The molecule has 6 heteroatoms. The molecule has 0 aliphatic rings. The smallest absolute Gasteiger partial charge is 0.269 e. The Morgan fingerprint density at radius 1 is 1.18 bits per heavy atom. The van der Waals surface area contributed by atoms with Crippen molar-refractivity contribution in [2.24, 2.45) is 0 Å². The van der Waals surface area contributed by atoms with E-state index in [0.29, 0.717) is 5.02 Å². The molecular weight excluding hydrogens is 242 g/mol. The average Bonchev–Trinajstić information content (AvgIpc) is 2.29. The second-order valence-electron chi connectivity index (χ2n) is 3.32. The first-order chi connectivity index (χ1) is 8.15. The van der Waals surface area contributed by atoms with Gasteiger partial charge < -0.3 is 5.32 Å². The molecule has 0 amide bonds. The lowest BCUT2D eigenvalue weighted by Gasteiger charge is -2.05. The maximum absolute atomic E-state index is 10.5. The van der Waals surface area contributed by atoms with E-state index in [0.717, 1.165) is 11.4 Å². The third kappa shape index (κ3) is 2.92. The fraction of sp³-hybridized carbons (Fsp3) is 0. The zero-order valence-electron chi connectivity index (χ0n) is 8.63.